The Hall–Kier alpha value is -0.120. The lowest BCUT2D eigenvalue weighted by Crippen LogP contribution is -2.05. The highest BCUT2D eigenvalue weighted by Gasteiger charge is 1.92. The van der Waals surface area contributed by atoms with Gasteiger partial charge in [-0.2, -0.15) is 0 Å². The molecule has 7 heavy (non-hydrogen) atoms. The van der Waals surface area contributed by atoms with E-state index in [1.165, 1.54) is 0 Å². The molecule has 1 saturated heterocycles. The van der Waals surface area contributed by atoms with Crippen molar-refractivity contribution in [1.29, 1.82) is 0 Å². The van der Waals surface area contributed by atoms with Gasteiger partial charge in [-0.25, -0.2) is 0 Å². The van der Waals surface area contributed by atoms with Gasteiger partial charge in [0.25, 0.3) is 0 Å². The molecular weight excluding hydrogens is 94.0 g/mol. The maximum atomic E-state index is 7.00. The molecule has 2 N–H and O–H groups in total. The van der Waals surface area contributed by atoms with Gasteiger partial charge in [0.1, 0.15) is 0 Å². The van der Waals surface area contributed by atoms with Crippen LogP contribution in [0.4, 0.5) is 0 Å². The minimum absolute atomic E-state index is 0.750. The van der Waals surface area contributed by atoms with Crippen molar-refractivity contribution in [3.63, 3.8) is 0 Å². The van der Waals surface area contributed by atoms with Gasteiger partial charge in [-0.3, -0.25) is 5.32 Å². The molecule has 0 spiro atoms. The van der Waals surface area contributed by atoms with Crippen LogP contribution in [-0.4, -0.2) is 32.1 Å². The summed E-state index contributed by atoms with van der Waals surface area (Å²) in [5.41, 5.74) is 0. The molecule has 0 aliphatic carbocycles. The van der Waals surface area contributed by atoms with Crippen molar-refractivity contribution in [3.05, 3.63) is 0 Å². The van der Waals surface area contributed by atoms with Gasteiger partial charge in [0.2, 0.25) is 0 Å². The zero-order chi connectivity index (χ0) is 5.54. The first-order chi connectivity index (χ1) is 3.50. The van der Waals surface area contributed by atoms with Crippen LogP contribution in [-0.2, 0) is 4.74 Å². The number of ether oxygens (including phenoxy) is 1. The number of aliphatic hydroxyl groups excluding tert-OH is 1. The quantitative estimate of drug-likeness (QED) is 0.422. The van der Waals surface area contributed by atoms with Crippen molar-refractivity contribution >= 4 is 0 Å². The highest BCUT2D eigenvalue weighted by atomic mass is 16.5. The Morgan fingerprint density at radius 1 is 1.57 bits per heavy atom. The first-order valence-electron chi connectivity index (χ1n) is 2.23. The lowest BCUT2D eigenvalue weighted by molar-refractivity contribution is 0.194. The summed E-state index contributed by atoms with van der Waals surface area (Å²) in [6, 6.07) is 0. The molecule has 0 unspecified atom stereocenters. The lowest BCUT2D eigenvalue weighted by atomic mass is 10.7. The van der Waals surface area contributed by atoms with Crippen molar-refractivity contribution in [3.8, 4) is 0 Å². The molecule has 0 radical (unpaired) electrons. The minimum Gasteiger partial charge on any atom is -0.400 e. The monoisotopic (exact) mass is 105 g/mol. The number of aliphatic hydroxyl groups is 1. The summed E-state index contributed by atoms with van der Waals surface area (Å²) in [5.74, 6) is 0. The topological polar surface area (TPSA) is 41.5 Å². The molecule has 1 fully saturated rings. The maximum absolute atomic E-state index is 7.00. The fourth-order valence-corrected chi connectivity index (χ4v) is 0.361. The first-order valence-corrected chi connectivity index (χ1v) is 2.23. The van der Waals surface area contributed by atoms with Crippen LogP contribution in [0.5, 0.6) is 0 Å². The van der Waals surface area contributed by atoms with Gasteiger partial charge in [0.15, 0.2) is 0 Å². The van der Waals surface area contributed by atoms with E-state index in [-0.39, 0.29) is 0 Å². The summed E-state index contributed by atoms with van der Waals surface area (Å²) in [6.07, 6.45) is 0. The molecular formula is C4H11NO2. The lowest BCUT2D eigenvalue weighted by Gasteiger charge is -1.76. The smallest absolute Gasteiger partial charge is 0.0966 e. The highest BCUT2D eigenvalue weighted by Crippen LogP contribution is 1.75. The third-order valence-corrected chi connectivity index (χ3v) is 0.627. The van der Waals surface area contributed by atoms with Gasteiger partial charge in [0.05, 0.1) is 13.3 Å². The summed E-state index contributed by atoms with van der Waals surface area (Å²) in [6.45, 7) is 2.67. The standard InChI is InChI=1S/C3H7NO.CH4O/c1-2-5-3-4-1;1-2/h4H,1-3H2;2H,1H3. The van der Waals surface area contributed by atoms with E-state index in [0.717, 1.165) is 27.0 Å². The molecule has 1 rings (SSSR count). The molecule has 44 valence electrons. The van der Waals surface area contributed by atoms with Crippen LogP contribution in [0.3, 0.4) is 0 Å². The van der Waals surface area contributed by atoms with Crippen LogP contribution in [0, 0.1) is 0 Å². The van der Waals surface area contributed by atoms with Crippen molar-refractivity contribution in [1.82, 2.24) is 5.32 Å². The van der Waals surface area contributed by atoms with E-state index in [4.69, 9.17) is 9.84 Å². The maximum Gasteiger partial charge on any atom is 0.0966 e. The number of nitrogens with one attached hydrogen (secondary N) is 1. The number of hydrogen-bond acceptors (Lipinski definition) is 3. The Morgan fingerprint density at radius 3 is 2.43 bits per heavy atom. The summed E-state index contributed by atoms with van der Waals surface area (Å²) in [4.78, 5) is 0. The predicted octanol–water partition coefficient (Wildman–Crippen LogP) is -0.828. The Balaban J connectivity index is 0.000000162. The van der Waals surface area contributed by atoms with Crippen molar-refractivity contribution in [2.45, 2.75) is 0 Å². The summed E-state index contributed by atoms with van der Waals surface area (Å²) in [7, 11) is 1.00. The van der Waals surface area contributed by atoms with Gasteiger partial charge in [0, 0.05) is 13.7 Å². The Morgan fingerprint density at radius 2 is 2.29 bits per heavy atom. The molecule has 1 aliphatic heterocycles. The van der Waals surface area contributed by atoms with E-state index in [9.17, 15) is 0 Å². The molecule has 0 bridgehead atoms. The molecule has 1 aliphatic rings. The Bertz CT molecular complexity index is 21.3. The molecule has 0 amide bonds. The van der Waals surface area contributed by atoms with E-state index in [1.54, 1.807) is 0 Å². The van der Waals surface area contributed by atoms with Crippen LogP contribution in [0.25, 0.3) is 0 Å². The van der Waals surface area contributed by atoms with Crippen molar-refractivity contribution in [2.75, 3.05) is 27.0 Å². The van der Waals surface area contributed by atoms with Gasteiger partial charge in [-0.1, -0.05) is 0 Å². The average molecular weight is 105 g/mol. The van der Waals surface area contributed by atoms with Gasteiger partial charge >= 0.3 is 0 Å². The zero-order valence-electron chi connectivity index (χ0n) is 4.48. The Labute approximate surface area is 43.3 Å². The third kappa shape index (κ3) is 3.72. The Kier molecular flexibility index (Phi) is 5.78. The minimum atomic E-state index is 0.750. The second-order valence-electron chi connectivity index (χ2n) is 1.05. The largest absolute Gasteiger partial charge is 0.400 e. The van der Waals surface area contributed by atoms with Crippen LogP contribution in [0.2, 0.25) is 0 Å². The van der Waals surface area contributed by atoms with E-state index >= 15 is 0 Å². The molecule has 1 heterocycles. The van der Waals surface area contributed by atoms with Crippen LogP contribution in [0.15, 0.2) is 0 Å². The molecule has 3 nitrogen and oxygen atoms in total. The molecule has 0 saturated carbocycles. The van der Waals surface area contributed by atoms with Gasteiger partial charge in [-0.05, 0) is 0 Å². The molecule has 0 aromatic rings. The SMILES string of the molecule is C1COCN1.CO. The third-order valence-electron chi connectivity index (χ3n) is 0.627. The van der Waals surface area contributed by atoms with Crippen LogP contribution >= 0.6 is 0 Å². The highest BCUT2D eigenvalue weighted by molar-refractivity contribution is 4.43. The number of rotatable bonds is 0. The van der Waals surface area contributed by atoms with Gasteiger partial charge < -0.3 is 9.84 Å². The van der Waals surface area contributed by atoms with E-state index in [1.807, 2.05) is 0 Å². The molecule has 3 heteroatoms. The second kappa shape index (κ2) is 5.88. The fraction of sp³-hybridized carbons (Fsp3) is 1.00. The van der Waals surface area contributed by atoms with Crippen molar-refractivity contribution < 1.29 is 9.84 Å². The van der Waals surface area contributed by atoms with Crippen molar-refractivity contribution in [2.24, 2.45) is 0 Å². The zero-order valence-corrected chi connectivity index (χ0v) is 4.48. The first kappa shape index (κ1) is 6.88. The summed E-state index contributed by atoms with van der Waals surface area (Å²) >= 11 is 0. The average Bonchev–Trinajstić information content (AvgIpc) is 2.23. The van der Waals surface area contributed by atoms with Gasteiger partial charge in [-0.15, -0.1) is 0 Å². The van der Waals surface area contributed by atoms with E-state index < -0.39 is 0 Å². The second-order valence-corrected chi connectivity index (χ2v) is 1.05. The predicted molar refractivity (Wildman–Crippen MR) is 27.0 cm³/mol. The molecule has 0 atom stereocenters. The molecule has 0 aromatic heterocycles. The van der Waals surface area contributed by atoms with Crippen LogP contribution < -0.4 is 5.32 Å². The summed E-state index contributed by atoms with van der Waals surface area (Å²) < 4.78 is 4.83. The normalized spacial score (nSPS) is 18.0. The fourth-order valence-electron chi connectivity index (χ4n) is 0.361. The van der Waals surface area contributed by atoms with E-state index in [2.05, 4.69) is 5.32 Å². The van der Waals surface area contributed by atoms with Crippen LogP contribution in [0.1, 0.15) is 0 Å². The van der Waals surface area contributed by atoms with E-state index in [0.29, 0.717) is 0 Å². The number of hydrogen-bond donors (Lipinski definition) is 2. The summed E-state index contributed by atoms with van der Waals surface area (Å²) in [5, 5.41) is 10.0. The molecule has 0 aromatic carbocycles.